The van der Waals surface area contributed by atoms with Gasteiger partial charge in [0.2, 0.25) is 11.8 Å². The summed E-state index contributed by atoms with van der Waals surface area (Å²) < 4.78 is 4.94. The fraction of sp³-hybridized carbons (Fsp3) is 0.261. The van der Waals surface area contributed by atoms with Gasteiger partial charge in [-0.15, -0.1) is 0 Å². The van der Waals surface area contributed by atoms with E-state index >= 15 is 0 Å². The second-order valence-corrected chi connectivity index (χ2v) is 7.40. The molecule has 158 valence electrons. The number of esters is 1. The molecule has 8 nitrogen and oxygen atoms in total. The lowest BCUT2D eigenvalue weighted by molar-refractivity contribution is -0.136. The van der Waals surface area contributed by atoms with Crippen molar-refractivity contribution in [3.05, 3.63) is 70.3 Å². The van der Waals surface area contributed by atoms with Gasteiger partial charge < -0.3 is 9.64 Å². The minimum Gasteiger partial charge on any atom is -0.462 e. The number of ether oxygens (including phenoxy) is 1. The number of rotatable bonds is 5. The van der Waals surface area contributed by atoms with Crippen LogP contribution in [0.25, 0.3) is 0 Å². The van der Waals surface area contributed by atoms with Crippen LogP contribution in [0, 0.1) is 0 Å². The fourth-order valence-electron chi connectivity index (χ4n) is 3.85. The third-order valence-corrected chi connectivity index (χ3v) is 5.44. The van der Waals surface area contributed by atoms with Crippen LogP contribution in [0.2, 0.25) is 0 Å². The van der Waals surface area contributed by atoms with Gasteiger partial charge in [0.15, 0.2) is 5.78 Å². The minimum atomic E-state index is -0.702. The lowest BCUT2D eigenvalue weighted by atomic mass is 9.98. The van der Waals surface area contributed by atoms with Crippen molar-refractivity contribution in [2.24, 2.45) is 0 Å². The van der Waals surface area contributed by atoms with Crippen molar-refractivity contribution in [1.29, 1.82) is 0 Å². The third-order valence-electron chi connectivity index (χ3n) is 5.44. The molecular formula is C23H20N2O6. The number of benzene rings is 2. The molecule has 2 heterocycles. The van der Waals surface area contributed by atoms with Gasteiger partial charge in [0.05, 0.1) is 12.2 Å². The van der Waals surface area contributed by atoms with Crippen molar-refractivity contribution in [2.75, 3.05) is 6.61 Å². The van der Waals surface area contributed by atoms with Crippen molar-refractivity contribution in [3.8, 4) is 0 Å². The first kappa shape index (κ1) is 20.5. The quantitative estimate of drug-likeness (QED) is 0.449. The molecule has 8 heteroatoms. The number of imide groups is 1. The molecule has 0 aromatic heterocycles. The Labute approximate surface area is 178 Å². The van der Waals surface area contributed by atoms with Crippen LogP contribution in [-0.4, -0.2) is 47.0 Å². The predicted molar refractivity (Wildman–Crippen MR) is 108 cm³/mol. The SMILES string of the molecule is CCOC(=O)c1ccc(C(=O)c2ccc3c(c2)CN(C2CCC(=O)NC2=O)C3=O)cc1. The van der Waals surface area contributed by atoms with Gasteiger partial charge in [-0.2, -0.15) is 0 Å². The van der Waals surface area contributed by atoms with Gasteiger partial charge in [-0.3, -0.25) is 24.5 Å². The summed E-state index contributed by atoms with van der Waals surface area (Å²) in [7, 11) is 0. The van der Waals surface area contributed by atoms with Gasteiger partial charge in [0, 0.05) is 29.7 Å². The molecule has 1 fully saturated rings. The Morgan fingerprint density at radius 2 is 1.71 bits per heavy atom. The van der Waals surface area contributed by atoms with Gasteiger partial charge in [-0.25, -0.2) is 4.79 Å². The second kappa shape index (κ2) is 8.14. The highest BCUT2D eigenvalue weighted by Crippen LogP contribution is 2.28. The van der Waals surface area contributed by atoms with Gasteiger partial charge in [0.25, 0.3) is 5.91 Å². The van der Waals surface area contributed by atoms with Crippen LogP contribution in [0.3, 0.4) is 0 Å². The van der Waals surface area contributed by atoms with Crippen LogP contribution >= 0.6 is 0 Å². The molecule has 0 spiro atoms. The molecule has 1 unspecified atom stereocenters. The number of hydrogen-bond acceptors (Lipinski definition) is 6. The van der Waals surface area contributed by atoms with E-state index in [1.807, 2.05) is 0 Å². The second-order valence-electron chi connectivity index (χ2n) is 7.40. The number of nitrogens with zero attached hydrogens (tertiary/aromatic N) is 1. The number of carbonyl (C=O) groups excluding carboxylic acids is 5. The van der Waals surface area contributed by atoms with E-state index < -0.39 is 17.9 Å². The summed E-state index contributed by atoms with van der Waals surface area (Å²) in [5.74, 6) is -1.80. The summed E-state index contributed by atoms with van der Waals surface area (Å²) in [6.07, 6.45) is 0.463. The van der Waals surface area contributed by atoms with E-state index in [4.69, 9.17) is 4.74 Å². The first-order valence-electron chi connectivity index (χ1n) is 9.98. The van der Waals surface area contributed by atoms with Gasteiger partial charge in [0.1, 0.15) is 6.04 Å². The van der Waals surface area contributed by atoms with Gasteiger partial charge in [-0.1, -0.05) is 18.2 Å². The molecule has 0 saturated carbocycles. The third kappa shape index (κ3) is 3.84. The molecule has 0 radical (unpaired) electrons. The summed E-state index contributed by atoms with van der Waals surface area (Å²) in [5.41, 5.74) is 2.26. The van der Waals surface area contributed by atoms with Crippen molar-refractivity contribution >= 4 is 29.5 Å². The summed E-state index contributed by atoms with van der Waals surface area (Å²) in [4.78, 5) is 62.4. The first-order valence-corrected chi connectivity index (χ1v) is 9.98. The van der Waals surface area contributed by atoms with E-state index in [1.54, 1.807) is 37.3 Å². The van der Waals surface area contributed by atoms with Crippen molar-refractivity contribution in [1.82, 2.24) is 10.2 Å². The maximum Gasteiger partial charge on any atom is 0.338 e. The lowest BCUT2D eigenvalue weighted by Gasteiger charge is -2.29. The molecule has 1 atom stereocenters. The zero-order chi connectivity index (χ0) is 22.1. The summed E-state index contributed by atoms with van der Waals surface area (Å²) in [6.45, 7) is 2.18. The van der Waals surface area contributed by atoms with Gasteiger partial charge >= 0.3 is 5.97 Å². The zero-order valence-electron chi connectivity index (χ0n) is 16.8. The van der Waals surface area contributed by atoms with Crippen LogP contribution in [0.4, 0.5) is 0 Å². The molecule has 2 aromatic rings. The van der Waals surface area contributed by atoms with E-state index in [1.165, 1.54) is 17.0 Å². The van der Waals surface area contributed by atoms with E-state index in [0.717, 1.165) is 0 Å². The van der Waals surface area contributed by atoms with Crippen molar-refractivity contribution < 1.29 is 28.7 Å². The standard InChI is InChI=1S/C23H20N2O6/c1-2-31-23(30)14-5-3-13(4-6-14)20(27)15-7-8-17-16(11-15)12-25(22(17)29)18-9-10-19(26)24-21(18)28/h3-8,11,18H,2,9-10,12H2,1H3,(H,24,26,28). The predicted octanol–water partition coefficient (Wildman–Crippen LogP) is 1.86. The number of amides is 3. The Hall–Kier alpha value is -3.81. The summed E-state index contributed by atoms with van der Waals surface area (Å²) in [5, 5.41) is 2.27. The highest BCUT2D eigenvalue weighted by atomic mass is 16.5. The largest absolute Gasteiger partial charge is 0.462 e. The molecule has 4 rings (SSSR count). The molecule has 1 saturated heterocycles. The van der Waals surface area contributed by atoms with Crippen LogP contribution in [0.15, 0.2) is 42.5 Å². The van der Waals surface area contributed by atoms with Crippen LogP contribution < -0.4 is 5.32 Å². The van der Waals surface area contributed by atoms with E-state index in [-0.39, 0.29) is 43.6 Å². The Kier molecular flexibility index (Phi) is 5.37. The molecule has 31 heavy (non-hydrogen) atoms. The Morgan fingerprint density at radius 3 is 2.39 bits per heavy atom. The molecule has 1 N–H and O–H groups in total. The van der Waals surface area contributed by atoms with Gasteiger partial charge in [-0.05, 0) is 43.2 Å². The molecule has 2 aliphatic heterocycles. The molecular weight excluding hydrogens is 400 g/mol. The van der Waals surface area contributed by atoms with E-state index in [0.29, 0.717) is 27.8 Å². The smallest absolute Gasteiger partial charge is 0.338 e. The molecule has 2 aliphatic rings. The number of nitrogens with one attached hydrogen (secondary N) is 1. The monoisotopic (exact) mass is 420 g/mol. The first-order chi connectivity index (χ1) is 14.9. The van der Waals surface area contributed by atoms with Crippen molar-refractivity contribution in [3.63, 3.8) is 0 Å². The maximum absolute atomic E-state index is 12.9. The minimum absolute atomic E-state index is 0.183. The number of ketones is 1. The molecule has 0 aliphatic carbocycles. The highest BCUT2D eigenvalue weighted by molar-refractivity contribution is 6.11. The lowest BCUT2D eigenvalue weighted by Crippen LogP contribution is -2.52. The number of hydrogen-bond donors (Lipinski definition) is 1. The Morgan fingerprint density at radius 1 is 1.03 bits per heavy atom. The summed E-state index contributed by atoms with van der Waals surface area (Å²) in [6, 6.07) is 10.3. The number of carbonyl (C=O) groups is 5. The van der Waals surface area contributed by atoms with Crippen LogP contribution in [0.5, 0.6) is 0 Å². The summed E-state index contributed by atoms with van der Waals surface area (Å²) >= 11 is 0. The number of piperidine rings is 1. The Balaban J connectivity index is 1.53. The Bertz CT molecular complexity index is 1110. The normalized spacial score (nSPS) is 17.9. The average molecular weight is 420 g/mol. The maximum atomic E-state index is 12.9. The fourth-order valence-corrected chi connectivity index (χ4v) is 3.85. The highest BCUT2D eigenvalue weighted by Gasteiger charge is 2.39. The molecule has 3 amide bonds. The molecule has 2 aromatic carbocycles. The number of fused-ring (bicyclic) bond motifs is 1. The topological polar surface area (TPSA) is 110 Å². The van der Waals surface area contributed by atoms with Crippen LogP contribution in [-0.2, 0) is 20.9 Å². The van der Waals surface area contributed by atoms with Crippen molar-refractivity contribution in [2.45, 2.75) is 32.4 Å². The molecule has 0 bridgehead atoms. The zero-order valence-corrected chi connectivity index (χ0v) is 16.8. The van der Waals surface area contributed by atoms with Crippen LogP contribution in [0.1, 0.15) is 62.0 Å². The van der Waals surface area contributed by atoms with E-state index in [2.05, 4.69) is 5.32 Å². The van der Waals surface area contributed by atoms with E-state index in [9.17, 15) is 24.0 Å². The average Bonchev–Trinajstić information content (AvgIpc) is 3.09.